The van der Waals surface area contributed by atoms with Gasteiger partial charge in [0.05, 0.1) is 5.60 Å². The van der Waals surface area contributed by atoms with E-state index >= 15 is 0 Å². The summed E-state index contributed by atoms with van der Waals surface area (Å²) in [5, 5.41) is 0. The van der Waals surface area contributed by atoms with Gasteiger partial charge in [-0.1, -0.05) is 29.2 Å². The number of aryl methyl sites for hydroxylation is 1. The third kappa shape index (κ3) is 2.39. The molecule has 0 unspecified atom stereocenters. The fraction of sp³-hybridized carbons (Fsp3) is 0.500. The Bertz CT molecular complexity index is 318. The molecular formula is C12H17BO. The molecule has 0 aliphatic rings. The minimum Gasteiger partial charge on any atom is -0.371 e. The summed E-state index contributed by atoms with van der Waals surface area (Å²) in [7, 11) is 5.93. The zero-order chi connectivity index (χ0) is 10.8. The van der Waals surface area contributed by atoms with Crippen LogP contribution in [0.1, 0.15) is 31.9 Å². The van der Waals surface area contributed by atoms with Crippen LogP contribution in [0.25, 0.3) is 0 Å². The number of hydrogen-bond acceptors (Lipinski definition) is 1. The third-order valence-electron chi connectivity index (χ3n) is 2.36. The number of rotatable bonds is 3. The van der Waals surface area contributed by atoms with Crippen molar-refractivity contribution in [3.63, 3.8) is 0 Å². The highest BCUT2D eigenvalue weighted by Crippen LogP contribution is 2.23. The maximum absolute atomic E-state index is 5.93. The van der Waals surface area contributed by atoms with Crippen molar-refractivity contribution in [1.29, 1.82) is 0 Å². The van der Waals surface area contributed by atoms with Crippen LogP contribution in [0.5, 0.6) is 0 Å². The zero-order valence-electron chi connectivity index (χ0n) is 9.42. The topological polar surface area (TPSA) is 9.23 Å². The quantitative estimate of drug-likeness (QED) is 0.659. The molecule has 0 atom stereocenters. The van der Waals surface area contributed by atoms with Gasteiger partial charge in [-0.15, -0.1) is 0 Å². The van der Waals surface area contributed by atoms with Crippen molar-refractivity contribution in [3.05, 3.63) is 29.3 Å². The average molecular weight is 188 g/mol. The molecule has 0 saturated carbocycles. The molecule has 1 rings (SSSR count). The molecule has 0 bridgehead atoms. The van der Waals surface area contributed by atoms with Crippen molar-refractivity contribution >= 4 is 13.3 Å². The lowest BCUT2D eigenvalue weighted by molar-refractivity contribution is -0.0132. The first-order valence-electron chi connectivity index (χ1n) is 4.98. The molecule has 1 nitrogen and oxygen atoms in total. The number of benzene rings is 1. The Morgan fingerprint density at radius 3 is 2.57 bits per heavy atom. The summed E-state index contributed by atoms with van der Waals surface area (Å²) < 4.78 is 5.67. The van der Waals surface area contributed by atoms with Crippen LogP contribution in [0.2, 0.25) is 0 Å². The molecule has 0 N–H and O–H groups in total. The Labute approximate surface area is 87.9 Å². The summed E-state index contributed by atoms with van der Waals surface area (Å²) >= 11 is 0. The van der Waals surface area contributed by atoms with Gasteiger partial charge in [0, 0.05) is 6.61 Å². The van der Waals surface area contributed by atoms with Crippen molar-refractivity contribution in [1.82, 2.24) is 0 Å². The molecule has 0 aliphatic heterocycles. The minimum absolute atomic E-state index is 0.301. The predicted molar refractivity (Wildman–Crippen MR) is 61.2 cm³/mol. The molecule has 1 aromatic carbocycles. The molecule has 0 aliphatic carbocycles. The van der Waals surface area contributed by atoms with Crippen molar-refractivity contribution in [2.24, 2.45) is 0 Å². The van der Waals surface area contributed by atoms with Crippen LogP contribution in [0.3, 0.4) is 0 Å². The molecule has 0 fully saturated rings. The second-order valence-corrected chi connectivity index (χ2v) is 4.03. The van der Waals surface area contributed by atoms with Gasteiger partial charge in [0.2, 0.25) is 0 Å². The van der Waals surface area contributed by atoms with E-state index in [4.69, 9.17) is 12.6 Å². The standard InChI is InChI=1S/C12H17BO/c1-5-14-12(3,4)10-8-9(2)6-7-11(10)13/h6-8H,5H2,1-4H3. The second kappa shape index (κ2) is 4.18. The third-order valence-corrected chi connectivity index (χ3v) is 2.36. The Kier molecular flexibility index (Phi) is 3.38. The van der Waals surface area contributed by atoms with Gasteiger partial charge in [-0.2, -0.15) is 0 Å². The van der Waals surface area contributed by atoms with E-state index < -0.39 is 0 Å². The Balaban J connectivity index is 3.10. The lowest BCUT2D eigenvalue weighted by Crippen LogP contribution is -2.29. The second-order valence-electron chi connectivity index (χ2n) is 4.03. The monoisotopic (exact) mass is 188 g/mol. The lowest BCUT2D eigenvalue weighted by Gasteiger charge is -2.27. The molecule has 0 aromatic heterocycles. The van der Waals surface area contributed by atoms with Crippen molar-refractivity contribution in [3.8, 4) is 0 Å². The molecule has 0 saturated heterocycles. The highest BCUT2D eigenvalue weighted by atomic mass is 16.5. The van der Waals surface area contributed by atoms with E-state index in [9.17, 15) is 0 Å². The van der Waals surface area contributed by atoms with Gasteiger partial charge in [0.1, 0.15) is 7.85 Å². The summed E-state index contributed by atoms with van der Waals surface area (Å²) in [5.74, 6) is 0. The lowest BCUT2D eigenvalue weighted by atomic mass is 9.82. The molecule has 14 heavy (non-hydrogen) atoms. The van der Waals surface area contributed by atoms with Crippen molar-refractivity contribution < 1.29 is 4.74 Å². The smallest absolute Gasteiger partial charge is 0.114 e. The van der Waals surface area contributed by atoms with Gasteiger partial charge in [-0.3, -0.25) is 0 Å². The van der Waals surface area contributed by atoms with Crippen LogP contribution in [-0.4, -0.2) is 14.5 Å². The van der Waals surface area contributed by atoms with Crippen molar-refractivity contribution in [2.45, 2.75) is 33.3 Å². The van der Waals surface area contributed by atoms with E-state index in [0.29, 0.717) is 6.61 Å². The van der Waals surface area contributed by atoms with Crippen LogP contribution < -0.4 is 5.46 Å². The molecule has 1 aromatic rings. The van der Waals surface area contributed by atoms with Gasteiger partial charge >= 0.3 is 0 Å². The normalized spacial score (nSPS) is 11.7. The van der Waals surface area contributed by atoms with E-state index in [1.165, 1.54) is 5.56 Å². The zero-order valence-corrected chi connectivity index (χ0v) is 9.42. The van der Waals surface area contributed by atoms with E-state index in [1.807, 2.05) is 32.9 Å². The predicted octanol–water partition coefficient (Wildman–Crippen LogP) is 2.06. The largest absolute Gasteiger partial charge is 0.371 e. The van der Waals surface area contributed by atoms with Gasteiger partial charge < -0.3 is 4.74 Å². The summed E-state index contributed by atoms with van der Waals surface area (Å²) in [4.78, 5) is 0. The van der Waals surface area contributed by atoms with Crippen LogP contribution in [0.15, 0.2) is 18.2 Å². The van der Waals surface area contributed by atoms with Crippen LogP contribution in [-0.2, 0) is 10.3 Å². The van der Waals surface area contributed by atoms with Crippen LogP contribution in [0.4, 0.5) is 0 Å². The van der Waals surface area contributed by atoms with E-state index in [1.54, 1.807) is 0 Å². The molecule has 0 heterocycles. The van der Waals surface area contributed by atoms with Gasteiger partial charge in [0.15, 0.2) is 0 Å². The summed E-state index contributed by atoms with van der Waals surface area (Å²) in [6, 6.07) is 6.04. The van der Waals surface area contributed by atoms with E-state index in [0.717, 1.165) is 11.0 Å². The highest BCUT2D eigenvalue weighted by Gasteiger charge is 2.21. The molecule has 2 radical (unpaired) electrons. The summed E-state index contributed by atoms with van der Waals surface area (Å²) in [6.07, 6.45) is 0. The maximum Gasteiger partial charge on any atom is 0.114 e. The summed E-state index contributed by atoms with van der Waals surface area (Å²) in [6.45, 7) is 8.84. The van der Waals surface area contributed by atoms with Crippen LogP contribution >= 0.6 is 0 Å². The Morgan fingerprint density at radius 1 is 1.36 bits per heavy atom. The fourth-order valence-electron chi connectivity index (χ4n) is 1.63. The first-order valence-corrected chi connectivity index (χ1v) is 4.98. The first kappa shape index (κ1) is 11.3. The Hall–Kier alpha value is -0.755. The molecule has 0 amide bonds. The van der Waals surface area contributed by atoms with Gasteiger partial charge in [-0.25, -0.2) is 0 Å². The molecular weight excluding hydrogens is 171 g/mol. The molecule has 0 spiro atoms. The summed E-state index contributed by atoms with van der Waals surface area (Å²) in [5.41, 5.74) is 2.78. The van der Waals surface area contributed by atoms with Crippen molar-refractivity contribution in [2.75, 3.05) is 6.61 Å². The highest BCUT2D eigenvalue weighted by molar-refractivity contribution is 6.33. The molecule has 74 valence electrons. The van der Waals surface area contributed by atoms with Crippen LogP contribution in [0, 0.1) is 6.92 Å². The average Bonchev–Trinajstić information content (AvgIpc) is 2.09. The minimum atomic E-state index is -0.301. The van der Waals surface area contributed by atoms with E-state index in [2.05, 4.69) is 13.0 Å². The number of ether oxygens (including phenoxy) is 1. The van der Waals surface area contributed by atoms with Gasteiger partial charge in [-0.05, 0) is 33.3 Å². The maximum atomic E-state index is 5.93. The fourth-order valence-corrected chi connectivity index (χ4v) is 1.63. The first-order chi connectivity index (χ1) is 6.47. The van der Waals surface area contributed by atoms with E-state index in [-0.39, 0.29) is 5.60 Å². The number of hydrogen-bond donors (Lipinski definition) is 0. The SMILES string of the molecule is [B]c1ccc(C)cc1C(C)(C)OCC. The Morgan fingerprint density at radius 2 is 2.00 bits per heavy atom. The molecule has 2 heteroatoms. The van der Waals surface area contributed by atoms with Gasteiger partial charge in [0.25, 0.3) is 0 Å².